The van der Waals surface area contributed by atoms with Gasteiger partial charge in [0.2, 0.25) is 0 Å². The topological polar surface area (TPSA) is 155 Å². The first-order chi connectivity index (χ1) is 31.0. The maximum Gasteiger partial charge on any atom is 0.438 e. The number of amides is 1. The van der Waals surface area contributed by atoms with Crippen LogP contribution in [0, 0.1) is 25.5 Å². The van der Waals surface area contributed by atoms with E-state index in [9.17, 15) is 9.59 Å². The lowest BCUT2D eigenvalue weighted by molar-refractivity contribution is 0.0675. The van der Waals surface area contributed by atoms with E-state index in [2.05, 4.69) is 33.6 Å². The minimum atomic E-state index is -0.740. The van der Waals surface area contributed by atoms with E-state index in [-0.39, 0.29) is 23.5 Å². The molecule has 2 aliphatic heterocycles. The van der Waals surface area contributed by atoms with Gasteiger partial charge in [0.25, 0.3) is 5.91 Å². The fraction of sp³-hybridized carbons (Fsp3) is 0.362. The summed E-state index contributed by atoms with van der Waals surface area (Å²) in [4.78, 5) is 47.0. The number of hydrogen-bond acceptors (Lipinski definition) is 8. The summed E-state index contributed by atoms with van der Waals surface area (Å²) in [5.74, 6) is -0.742. The Kier molecular flexibility index (Phi) is 8.52. The molecule has 6 aromatic heterocycles. The van der Waals surface area contributed by atoms with Gasteiger partial charge in [0.15, 0.2) is 11.6 Å². The zero-order valence-electron chi connectivity index (χ0n) is 35.5. The summed E-state index contributed by atoms with van der Waals surface area (Å²) in [6, 6.07) is 10.6. The van der Waals surface area contributed by atoms with E-state index in [0.29, 0.717) is 101 Å². The second kappa shape index (κ2) is 14.1. The van der Waals surface area contributed by atoms with E-state index in [1.54, 1.807) is 53.9 Å². The lowest BCUT2D eigenvalue weighted by atomic mass is 9.90. The maximum absolute atomic E-state index is 16.4. The molecule has 2 aromatic carbocycles. The highest BCUT2D eigenvalue weighted by Crippen LogP contribution is 2.55. The number of H-pyrrole nitrogens is 1. The van der Waals surface area contributed by atoms with Crippen LogP contribution in [0.1, 0.15) is 113 Å². The summed E-state index contributed by atoms with van der Waals surface area (Å²) >= 11 is 0. The highest BCUT2D eigenvalue weighted by molar-refractivity contribution is 5.99. The number of carbonyl (C=O) groups excluding carboxylic acids is 1. The van der Waals surface area contributed by atoms with Crippen LogP contribution in [0.2, 0.25) is 0 Å². The third-order valence-corrected chi connectivity index (χ3v) is 14.1. The van der Waals surface area contributed by atoms with Crippen molar-refractivity contribution < 1.29 is 22.8 Å². The van der Waals surface area contributed by atoms with Crippen LogP contribution in [0.15, 0.2) is 81.5 Å². The van der Waals surface area contributed by atoms with Gasteiger partial charge in [-0.15, -0.1) is 0 Å². The number of aryl methyl sites for hydroxylation is 2. The predicted molar refractivity (Wildman–Crippen MR) is 230 cm³/mol. The molecular formula is C47H44F2N10O5. The standard InChI is InChI=1S/C47H44F2N10O5/c1-25-20-31(21-26(2)40(25)48)59-42(57-17-16-56(46(57)62)37-9-8-35-32(41(37)49)22-50-58(35)30-5-6-30)38-27(3)55(15-10-34(38)52-59)43(60)33-24-54-23-29(28-11-18-63-19-12-28)4-7-36(54)39(33)47(13-14-47)44-51-45(61)64-53-44/h4,7-9,16-17,20-24,27-28,30H,5-6,10-15,18-19H2,1-3H3,(H,51,53,61)/t27-/m0/s1. The number of aromatic amines is 1. The molecule has 0 bridgehead atoms. The molecule has 2 aliphatic carbocycles. The Morgan fingerprint density at radius 3 is 2.39 bits per heavy atom. The summed E-state index contributed by atoms with van der Waals surface area (Å²) in [5.41, 5.74) is 5.32. The molecule has 0 radical (unpaired) electrons. The SMILES string of the molecule is Cc1cc(-n2nc3c(c2-n2ccn(-c4ccc5c(cnn5C5CC5)c4F)c2=O)[C@H](C)N(C(=O)c2cn4cc(C5CCOCC5)ccc4c2C2(c4noc(=O)[nH]4)CC2)CC3)cc(C)c1F. The molecule has 4 aliphatic rings. The Labute approximate surface area is 363 Å². The number of benzene rings is 2. The van der Waals surface area contributed by atoms with Crippen LogP contribution in [0.3, 0.4) is 0 Å². The van der Waals surface area contributed by atoms with Crippen molar-refractivity contribution in [3.8, 4) is 17.2 Å². The quantitative estimate of drug-likeness (QED) is 0.170. The zero-order chi connectivity index (χ0) is 43.8. The normalized spacial score (nSPS) is 18.6. The Hall–Kier alpha value is -6.88. The second-order valence-electron chi connectivity index (χ2n) is 18.0. The van der Waals surface area contributed by atoms with Crippen LogP contribution in [-0.2, 0) is 16.6 Å². The van der Waals surface area contributed by atoms with Crippen molar-refractivity contribution in [2.75, 3.05) is 19.8 Å². The molecule has 3 fully saturated rings. The number of nitrogens with zero attached hydrogens (tertiary/aromatic N) is 9. The fourth-order valence-corrected chi connectivity index (χ4v) is 10.4. The number of fused-ring (bicyclic) bond motifs is 3. The molecule has 0 spiro atoms. The Morgan fingerprint density at radius 2 is 1.67 bits per heavy atom. The Balaban J connectivity index is 0.992. The predicted octanol–water partition coefficient (Wildman–Crippen LogP) is 7.06. The van der Waals surface area contributed by atoms with Crippen LogP contribution in [0.5, 0.6) is 0 Å². The number of pyridine rings is 1. The van der Waals surface area contributed by atoms with Crippen LogP contribution < -0.4 is 11.4 Å². The number of rotatable bonds is 8. The van der Waals surface area contributed by atoms with Crippen molar-refractivity contribution in [2.45, 2.75) is 89.1 Å². The second-order valence-corrected chi connectivity index (χ2v) is 18.0. The van der Waals surface area contributed by atoms with Gasteiger partial charge in [0.1, 0.15) is 11.6 Å². The third kappa shape index (κ3) is 5.78. The van der Waals surface area contributed by atoms with Crippen molar-refractivity contribution in [3.63, 3.8) is 0 Å². The van der Waals surface area contributed by atoms with E-state index in [4.69, 9.17) is 14.4 Å². The maximum atomic E-state index is 16.4. The highest BCUT2D eigenvalue weighted by atomic mass is 19.1. The number of hydrogen-bond donors (Lipinski definition) is 1. The van der Waals surface area contributed by atoms with E-state index in [0.717, 1.165) is 42.3 Å². The molecule has 1 N–H and O–H groups in total. The number of carbonyl (C=O) groups is 1. The summed E-state index contributed by atoms with van der Waals surface area (Å²) in [7, 11) is 0. The summed E-state index contributed by atoms with van der Waals surface area (Å²) < 4.78 is 50.3. The highest BCUT2D eigenvalue weighted by Gasteiger charge is 2.53. The molecule has 15 nitrogen and oxygen atoms in total. The lowest BCUT2D eigenvalue weighted by Gasteiger charge is -2.34. The third-order valence-electron chi connectivity index (χ3n) is 14.1. The van der Waals surface area contributed by atoms with Gasteiger partial charge >= 0.3 is 11.4 Å². The van der Waals surface area contributed by atoms with Crippen LogP contribution in [0.25, 0.3) is 33.6 Å². The van der Waals surface area contributed by atoms with Crippen LogP contribution >= 0.6 is 0 Å². The van der Waals surface area contributed by atoms with Crippen molar-refractivity contribution in [3.05, 3.63) is 145 Å². The van der Waals surface area contributed by atoms with Gasteiger partial charge in [-0.05, 0) is 112 Å². The van der Waals surface area contributed by atoms with Gasteiger partial charge in [-0.1, -0.05) is 11.2 Å². The van der Waals surface area contributed by atoms with Crippen molar-refractivity contribution in [1.82, 2.24) is 48.1 Å². The van der Waals surface area contributed by atoms with Gasteiger partial charge in [0.05, 0.1) is 62.7 Å². The molecule has 1 atom stereocenters. The lowest BCUT2D eigenvalue weighted by Crippen LogP contribution is -2.40. The first kappa shape index (κ1) is 38.8. The van der Waals surface area contributed by atoms with Crippen molar-refractivity contribution in [1.29, 1.82) is 0 Å². The Bertz CT molecular complexity index is 3330. The van der Waals surface area contributed by atoms with Gasteiger partial charge in [0, 0.05) is 62.1 Å². The Morgan fingerprint density at radius 1 is 0.922 bits per heavy atom. The van der Waals surface area contributed by atoms with E-state index < -0.39 is 28.7 Å². The van der Waals surface area contributed by atoms with Crippen LogP contribution in [-0.4, -0.2) is 73.8 Å². The van der Waals surface area contributed by atoms with E-state index >= 15 is 13.6 Å². The average Bonchev–Trinajstić information content (AvgIpc) is 4.00. The molecule has 0 unspecified atom stereocenters. The number of nitrogens with one attached hydrogen (secondary N) is 1. The summed E-state index contributed by atoms with van der Waals surface area (Å²) in [6.45, 7) is 6.97. The molecule has 12 rings (SSSR count). The summed E-state index contributed by atoms with van der Waals surface area (Å²) in [5, 5.41) is 14.0. The van der Waals surface area contributed by atoms with E-state index in [1.165, 1.54) is 21.5 Å². The van der Waals surface area contributed by atoms with E-state index in [1.807, 2.05) is 22.2 Å². The van der Waals surface area contributed by atoms with Crippen molar-refractivity contribution >= 4 is 22.3 Å². The molecule has 17 heteroatoms. The zero-order valence-corrected chi connectivity index (χ0v) is 35.5. The van der Waals surface area contributed by atoms with Gasteiger partial charge < -0.3 is 14.0 Å². The number of halogens is 2. The molecule has 2 saturated carbocycles. The average molecular weight is 867 g/mol. The minimum Gasteiger partial charge on any atom is -0.381 e. The number of ether oxygens (including phenoxy) is 1. The van der Waals surface area contributed by atoms with Gasteiger partial charge in [-0.25, -0.2) is 23.1 Å². The largest absolute Gasteiger partial charge is 0.438 e. The molecule has 8 heterocycles. The van der Waals surface area contributed by atoms with Gasteiger partial charge in [-0.3, -0.25) is 28.1 Å². The molecule has 8 aromatic rings. The molecule has 1 amide bonds. The van der Waals surface area contributed by atoms with Crippen LogP contribution in [0.4, 0.5) is 8.78 Å². The fourth-order valence-electron chi connectivity index (χ4n) is 10.4. The monoisotopic (exact) mass is 866 g/mol. The smallest absolute Gasteiger partial charge is 0.381 e. The van der Waals surface area contributed by atoms with Crippen molar-refractivity contribution in [2.24, 2.45) is 0 Å². The molecular weight excluding hydrogens is 823 g/mol. The first-order valence-electron chi connectivity index (χ1n) is 22.0. The molecule has 64 heavy (non-hydrogen) atoms. The number of aromatic nitrogens is 9. The minimum absolute atomic E-state index is 0.0700. The number of imidazole rings is 1. The molecule has 326 valence electrons. The van der Waals surface area contributed by atoms with Gasteiger partial charge in [-0.2, -0.15) is 10.2 Å². The first-order valence-corrected chi connectivity index (χ1v) is 22.0. The summed E-state index contributed by atoms with van der Waals surface area (Å²) in [6.07, 6.45) is 14.0. The molecule has 1 saturated heterocycles.